The van der Waals surface area contributed by atoms with Crippen LogP contribution in [0.4, 0.5) is 0 Å². The molecule has 116 valence electrons. The van der Waals surface area contributed by atoms with Gasteiger partial charge in [0.05, 0.1) is 6.54 Å². The highest BCUT2D eigenvalue weighted by Gasteiger charge is 2.41. The van der Waals surface area contributed by atoms with E-state index < -0.39 is 0 Å². The van der Waals surface area contributed by atoms with E-state index in [0.717, 1.165) is 12.8 Å². The smallest absolute Gasteiger partial charge is 0.319 e. The second kappa shape index (κ2) is 6.61. The van der Waals surface area contributed by atoms with Crippen LogP contribution in [-0.2, 0) is 14.9 Å². The van der Waals surface area contributed by atoms with E-state index in [1.807, 2.05) is 6.07 Å². The normalized spacial score (nSPS) is 26.4. The molecule has 0 saturated heterocycles. The molecule has 21 heavy (non-hydrogen) atoms. The molecular weight excluding hydrogens is 262 g/mol. The Kier molecular flexibility index (Phi) is 5.04. The summed E-state index contributed by atoms with van der Waals surface area (Å²) >= 11 is 0. The van der Waals surface area contributed by atoms with Crippen LogP contribution in [0.1, 0.15) is 45.6 Å². The molecule has 0 spiro atoms. The van der Waals surface area contributed by atoms with Crippen LogP contribution >= 0.6 is 0 Å². The summed E-state index contributed by atoms with van der Waals surface area (Å²) < 4.78 is 5.67. The molecule has 0 bridgehead atoms. The first-order valence-corrected chi connectivity index (χ1v) is 7.90. The van der Waals surface area contributed by atoms with Gasteiger partial charge in [-0.05, 0) is 29.7 Å². The van der Waals surface area contributed by atoms with Gasteiger partial charge in [-0.1, -0.05) is 57.5 Å². The minimum Gasteiger partial charge on any atom is -0.461 e. The van der Waals surface area contributed by atoms with E-state index in [1.165, 1.54) is 12.0 Å². The molecule has 1 aromatic rings. The summed E-state index contributed by atoms with van der Waals surface area (Å²) in [6.45, 7) is 6.71. The van der Waals surface area contributed by atoms with Gasteiger partial charge in [-0.3, -0.25) is 4.79 Å². The minimum absolute atomic E-state index is 0.0130. The predicted octanol–water partition coefficient (Wildman–Crippen LogP) is 3.27. The van der Waals surface area contributed by atoms with Gasteiger partial charge in [-0.25, -0.2) is 0 Å². The summed E-state index contributed by atoms with van der Waals surface area (Å²) in [5.41, 5.74) is 6.71. The standard InChI is InChI=1S/C18H27NO2/c1-13-9-10-15(16(11-13)21-17(20)12-19)18(2,3)14-7-5-4-6-8-14/h4-8,13,15-16H,9-12,19H2,1-3H3/t13-,15-,16-/m1/s1. The zero-order valence-corrected chi connectivity index (χ0v) is 13.3. The van der Waals surface area contributed by atoms with Crippen molar-refractivity contribution in [1.82, 2.24) is 0 Å². The highest BCUT2D eigenvalue weighted by atomic mass is 16.5. The van der Waals surface area contributed by atoms with E-state index in [2.05, 4.69) is 45.0 Å². The topological polar surface area (TPSA) is 52.3 Å². The molecule has 0 aromatic heterocycles. The monoisotopic (exact) mass is 289 g/mol. The number of ether oxygens (including phenoxy) is 1. The number of rotatable bonds is 4. The molecule has 2 rings (SSSR count). The van der Waals surface area contributed by atoms with Gasteiger partial charge in [0.25, 0.3) is 0 Å². The van der Waals surface area contributed by atoms with Gasteiger partial charge < -0.3 is 10.5 Å². The third-order valence-electron chi connectivity index (χ3n) is 4.95. The molecule has 3 atom stereocenters. The van der Waals surface area contributed by atoms with Crippen molar-refractivity contribution in [1.29, 1.82) is 0 Å². The lowest BCUT2D eigenvalue weighted by Gasteiger charge is -2.43. The molecule has 3 nitrogen and oxygen atoms in total. The summed E-state index contributed by atoms with van der Waals surface area (Å²) in [6.07, 6.45) is 3.19. The van der Waals surface area contributed by atoms with Gasteiger partial charge in [-0.15, -0.1) is 0 Å². The summed E-state index contributed by atoms with van der Waals surface area (Å²) in [5.74, 6) is 0.651. The van der Waals surface area contributed by atoms with Crippen molar-refractivity contribution in [2.75, 3.05) is 6.54 Å². The van der Waals surface area contributed by atoms with E-state index in [-0.39, 0.29) is 24.0 Å². The Morgan fingerprint density at radius 3 is 2.57 bits per heavy atom. The highest BCUT2D eigenvalue weighted by Crippen LogP contribution is 2.43. The van der Waals surface area contributed by atoms with Gasteiger partial charge in [0.1, 0.15) is 6.10 Å². The molecule has 1 saturated carbocycles. The summed E-state index contributed by atoms with van der Waals surface area (Å²) in [4.78, 5) is 11.6. The quantitative estimate of drug-likeness (QED) is 0.866. The maximum atomic E-state index is 11.6. The third kappa shape index (κ3) is 3.65. The fraction of sp³-hybridized carbons (Fsp3) is 0.611. The Hall–Kier alpha value is -1.35. The molecule has 1 aliphatic carbocycles. The van der Waals surface area contributed by atoms with Gasteiger partial charge in [0.2, 0.25) is 0 Å². The second-order valence-electron chi connectivity index (χ2n) is 6.84. The average molecular weight is 289 g/mol. The molecule has 0 heterocycles. The van der Waals surface area contributed by atoms with Crippen molar-refractivity contribution in [3.63, 3.8) is 0 Å². The van der Waals surface area contributed by atoms with Crippen LogP contribution in [0.15, 0.2) is 30.3 Å². The summed E-state index contributed by atoms with van der Waals surface area (Å²) in [5, 5.41) is 0. The van der Waals surface area contributed by atoms with E-state index in [9.17, 15) is 4.79 Å². The van der Waals surface area contributed by atoms with E-state index in [0.29, 0.717) is 11.8 Å². The Morgan fingerprint density at radius 1 is 1.29 bits per heavy atom. The van der Waals surface area contributed by atoms with Crippen LogP contribution in [0.2, 0.25) is 0 Å². The van der Waals surface area contributed by atoms with Gasteiger partial charge in [0.15, 0.2) is 0 Å². The molecule has 2 N–H and O–H groups in total. The third-order valence-corrected chi connectivity index (χ3v) is 4.95. The van der Waals surface area contributed by atoms with E-state index in [1.54, 1.807) is 0 Å². The van der Waals surface area contributed by atoms with Crippen molar-refractivity contribution in [2.45, 2.75) is 51.6 Å². The van der Waals surface area contributed by atoms with Gasteiger partial charge >= 0.3 is 5.97 Å². The summed E-state index contributed by atoms with van der Waals surface area (Å²) in [6, 6.07) is 10.5. The number of nitrogens with two attached hydrogens (primary N) is 1. The number of carbonyl (C=O) groups is 1. The molecule has 0 unspecified atom stereocenters. The fourth-order valence-electron chi connectivity index (χ4n) is 3.58. The number of hydrogen-bond acceptors (Lipinski definition) is 3. The second-order valence-corrected chi connectivity index (χ2v) is 6.84. The van der Waals surface area contributed by atoms with Crippen LogP contribution in [0.5, 0.6) is 0 Å². The molecule has 3 heteroatoms. The predicted molar refractivity (Wildman–Crippen MR) is 84.9 cm³/mol. The Balaban J connectivity index is 2.23. The zero-order valence-electron chi connectivity index (χ0n) is 13.3. The molecule has 1 aliphatic rings. The zero-order chi connectivity index (χ0) is 15.5. The van der Waals surface area contributed by atoms with Crippen molar-refractivity contribution in [2.24, 2.45) is 17.6 Å². The summed E-state index contributed by atoms with van der Waals surface area (Å²) in [7, 11) is 0. The number of hydrogen-bond donors (Lipinski definition) is 1. The number of benzene rings is 1. The van der Waals surface area contributed by atoms with Gasteiger partial charge in [-0.2, -0.15) is 0 Å². The number of carbonyl (C=O) groups excluding carboxylic acids is 1. The molecule has 1 fully saturated rings. The highest BCUT2D eigenvalue weighted by molar-refractivity contribution is 5.71. The molecular formula is C18H27NO2. The van der Waals surface area contributed by atoms with Crippen LogP contribution in [0.25, 0.3) is 0 Å². The maximum absolute atomic E-state index is 11.6. The lowest BCUT2D eigenvalue weighted by atomic mass is 9.64. The van der Waals surface area contributed by atoms with Crippen LogP contribution in [0.3, 0.4) is 0 Å². The molecule has 1 aromatic carbocycles. The van der Waals surface area contributed by atoms with Crippen LogP contribution in [-0.4, -0.2) is 18.6 Å². The van der Waals surface area contributed by atoms with Crippen LogP contribution in [0, 0.1) is 11.8 Å². The van der Waals surface area contributed by atoms with Gasteiger partial charge in [0, 0.05) is 5.92 Å². The first kappa shape index (κ1) is 16.0. The maximum Gasteiger partial charge on any atom is 0.319 e. The molecule has 0 amide bonds. The Labute approximate surface area is 127 Å². The van der Waals surface area contributed by atoms with Crippen LogP contribution < -0.4 is 5.73 Å². The van der Waals surface area contributed by atoms with E-state index in [4.69, 9.17) is 10.5 Å². The first-order valence-electron chi connectivity index (χ1n) is 7.90. The Morgan fingerprint density at radius 2 is 1.95 bits per heavy atom. The Bertz CT molecular complexity index is 469. The minimum atomic E-state index is -0.289. The first-order chi connectivity index (χ1) is 9.95. The number of esters is 1. The van der Waals surface area contributed by atoms with Crippen molar-refractivity contribution >= 4 is 5.97 Å². The fourth-order valence-corrected chi connectivity index (χ4v) is 3.58. The molecule has 0 aliphatic heterocycles. The largest absolute Gasteiger partial charge is 0.461 e. The van der Waals surface area contributed by atoms with Crippen molar-refractivity contribution in [3.05, 3.63) is 35.9 Å². The average Bonchev–Trinajstić information content (AvgIpc) is 2.48. The molecule has 0 radical (unpaired) electrons. The lowest BCUT2D eigenvalue weighted by molar-refractivity contribution is -0.154. The van der Waals surface area contributed by atoms with Crippen molar-refractivity contribution < 1.29 is 9.53 Å². The SMILES string of the molecule is C[C@@H]1CC[C@@H](C(C)(C)c2ccccc2)[C@H](OC(=O)CN)C1. The lowest BCUT2D eigenvalue weighted by Crippen LogP contribution is -2.44. The van der Waals surface area contributed by atoms with E-state index >= 15 is 0 Å². The van der Waals surface area contributed by atoms with Crippen molar-refractivity contribution in [3.8, 4) is 0 Å².